The molecule has 0 unspecified atom stereocenters. The Morgan fingerprint density at radius 3 is 2.14 bits per heavy atom. The molecule has 0 atom stereocenters. The number of hydrogen-bond acceptors (Lipinski definition) is 2. The van der Waals surface area contributed by atoms with E-state index in [4.69, 9.17) is 0 Å². The van der Waals surface area contributed by atoms with E-state index in [1.807, 2.05) is 0 Å². The second-order valence-corrected chi connectivity index (χ2v) is 5.15. The Bertz CT molecular complexity index is 181. The summed E-state index contributed by atoms with van der Waals surface area (Å²) in [5, 5.41) is 13.8. The molecular formula is C12H23NO. The van der Waals surface area contributed by atoms with Crippen molar-refractivity contribution >= 4 is 0 Å². The zero-order valence-corrected chi connectivity index (χ0v) is 9.26. The lowest BCUT2D eigenvalue weighted by molar-refractivity contribution is -0.00876. The number of aliphatic hydroxyl groups is 1. The Labute approximate surface area is 87.1 Å². The van der Waals surface area contributed by atoms with Gasteiger partial charge in [0.15, 0.2) is 0 Å². The fourth-order valence-electron chi connectivity index (χ4n) is 2.58. The van der Waals surface area contributed by atoms with Crippen LogP contribution < -0.4 is 5.32 Å². The Hall–Kier alpha value is -0.0800. The minimum atomic E-state index is -0.336. The van der Waals surface area contributed by atoms with Gasteiger partial charge in [0, 0.05) is 12.1 Å². The second kappa shape index (κ2) is 4.19. The molecule has 0 bridgehead atoms. The fourth-order valence-corrected chi connectivity index (χ4v) is 2.58. The van der Waals surface area contributed by atoms with Crippen molar-refractivity contribution in [1.29, 1.82) is 0 Å². The van der Waals surface area contributed by atoms with Crippen LogP contribution in [0.15, 0.2) is 0 Å². The number of nitrogens with one attached hydrogen (secondary N) is 1. The highest BCUT2D eigenvalue weighted by molar-refractivity contribution is 4.89. The zero-order chi connectivity index (χ0) is 10.0. The molecule has 14 heavy (non-hydrogen) atoms. The van der Waals surface area contributed by atoms with Gasteiger partial charge in [-0.25, -0.2) is 0 Å². The van der Waals surface area contributed by atoms with Crippen molar-refractivity contribution in [2.45, 2.75) is 76.0 Å². The molecule has 2 aliphatic rings. The van der Waals surface area contributed by atoms with E-state index < -0.39 is 0 Å². The lowest BCUT2D eigenvalue weighted by Gasteiger charge is -2.39. The summed E-state index contributed by atoms with van der Waals surface area (Å²) in [7, 11) is 0. The van der Waals surface area contributed by atoms with Crippen LogP contribution in [0.2, 0.25) is 0 Å². The standard InChI is InChI=1S/C12H23NO/c1-2-12(14)8-6-11(7-9-12)13-10-4-3-5-10/h10-11,13-14H,2-9H2,1H3. The summed E-state index contributed by atoms with van der Waals surface area (Å²) in [5.41, 5.74) is -0.336. The maximum absolute atomic E-state index is 10.1. The van der Waals surface area contributed by atoms with Crippen molar-refractivity contribution in [3.05, 3.63) is 0 Å². The summed E-state index contributed by atoms with van der Waals surface area (Å²) < 4.78 is 0. The van der Waals surface area contributed by atoms with Crippen molar-refractivity contribution in [2.75, 3.05) is 0 Å². The van der Waals surface area contributed by atoms with Crippen molar-refractivity contribution in [3.8, 4) is 0 Å². The van der Waals surface area contributed by atoms with Gasteiger partial charge in [-0.1, -0.05) is 13.3 Å². The average molecular weight is 197 g/mol. The fraction of sp³-hybridized carbons (Fsp3) is 1.00. The van der Waals surface area contributed by atoms with Crippen LogP contribution in [-0.4, -0.2) is 22.8 Å². The molecule has 2 N–H and O–H groups in total. The molecule has 0 amide bonds. The largest absolute Gasteiger partial charge is 0.390 e. The molecule has 0 aromatic rings. The molecule has 0 aliphatic heterocycles. The third-order valence-electron chi connectivity index (χ3n) is 4.15. The molecule has 82 valence electrons. The molecule has 2 aliphatic carbocycles. The molecule has 0 radical (unpaired) electrons. The summed E-state index contributed by atoms with van der Waals surface area (Å²) in [6.45, 7) is 2.10. The van der Waals surface area contributed by atoms with Gasteiger partial charge in [0.1, 0.15) is 0 Å². The SMILES string of the molecule is CCC1(O)CCC(NC2CCC2)CC1. The molecule has 2 heteroatoms. The van der Waals surface area contributed by atoms with Gasteiger partial charge in [-0.05, 0) is 44.9 Å². The summed E-state index contributed by atoms with van der Waals surface area (Å²) >= 11 is 0. The van der Waals surface area contributed by atoms with E-state index in [2.05, 4.69) is 12.2 Å². The van der Waals surface area contributed by atoms with Crippen molar-refractivity contribution in [3.63, 3.8) is 0 Å². The van der Waals surface area contributed by atoms with Gasteiger partial charge >= 0.3 is 0 Å². The smallest absolute Gasteiger partial charge is 0.0646 e. The lowest BCUT2D eigenvalue weighted by atomic mass is 9.79. The van der Waals surface area contributed by atoms with Crippen LogP contribution in [0.4, 0.5) is 0 Å². The highest BCUT2D eigenvalue weighted by Gasteiger charge is 2.32. The van der Waals surface area contributed by atoms with Gasteiger partial charge in [0.25, 0.3) is 0 Å². The van der Waals surface area contributed by atoms with Gasteiger partial charge in [-0.3, -0.25) is 0 Å². The predicted octanol–water partition coefficient (Wildman–Crippen LogP) is 2.21. The first-order valence-corrected chi connectivity index (χ1v) is 6.20. The Balaban J connectivity index is 1.72. The normalized spacial score (nSPS) is 39.4. The Morgan fingerprint density at radius 1 is 1.14 bits per heavy atom. The van der Waals surface area contributed by atoms with E-state index >= 15 is 0 Å². The summed E-state index contributed by atoms with van der Waals surface area (Å²) in [5.74, 6) is 0. The first-order valence-electron chi connectivity index (χ1n) is 6.20. The molecule has 2 nitrogen and oxygen atoms in total. The molecule has 2 fully saturated rings. The minimum Gasteiger partial charge on any atom is -0.390 e. The van der Waals surface area contributed by atoms with Gasteiger partial charge in [-0.2, -0.15) is 0 Å². The highest BCUT2D eigenvalue weighted by Crippen LogP contribution is 2.32. The van der Waals surface area contributed by atoms with Crippen LogP contribution in [0.25, 0.3) is 0 Å². The topological polar surface area (TPSA) is 32.3 Å². The minimum absolute atomic E-state index is 0.336. The van der Waals surface area contributed by atoms with Crippen molar-refractivity contribution in [1.82, 2.24) is 5.32 Å². The third kappa shape index (κ3) is 2.29. The van der Waals surface area contributed by atoms with Crippen LogP contribution in [-0.2, 0) is 0 Å². The quantitative estimate of drug-likeness (QED) is 0.727. The van der Waals surface area contributed by atoms with Gasteiger partial charge in [0.05, 0.1) is 5.60 Å². The Kier molecular flexibility index (Phi) is 3.13. The highest BCUT2D eigenvalue weighted by atomic mass is 16.3. The van der Waals surface area contributed by atoms with E-state index in [9.17, 15) is 5.11 Å². The predicted molar refractivity (Wildman–Crippen MR) is 58.3 cm³/mol. The number of hydrogen-bond donors (Lipinski definition) is 2. The number of rotatable bonds is 3. The zero-order valence-electron chi connectivity index (χ0n) is 9.26. The van der Waals surface area contributed by atoms with E-state index in [1.54, 1.807) is 0 Å². The molecule has 2 saturated carbocycles. The lowest BCUT2D eigenvalue weighted by Crippen LogP contribution is -2.46. The molecule has 2 rings (SSSR count). The first-order chi connectivity index (χ1) is 6.72. The van der Waals surface area contributed by atoms with E-state index in [-0.39, 0.29) is 5.60 Å². The molecule has 0 heterocycles. The van der Waals surface area contributed by atoms with Gasteiger partial charge in [-0.15, -0.1) is 0 Å². The van der Waals surface area contributed by atoms with Crippen LogP contribution in [0, 0.1) is 0 Å². The average Bonchev–Trinajstić information content (AvgIpc) is 2.14. The third-order valence-corrected chi connectivity index (χ3v) is 4.15. The molecule has 0 spiro atoms. The summed E-state index contributed by atoms with van der Waals surface area (Å²) in [6.07, 6.45) is 9.39. The Morgan fingerprint density at radius 2 is 1.71 bits per heavy atom. The van der Waals surface area contributed by atoms with Crippen molar-refractivity contribution < 1.29 is 5.11 Å². The van der Waals surface area contributed by atoms with Gasteiger partial charge < -0.3 is 10.4 Å². The van der Waals surface area contributed by atoms with Crippen LogP contribution >= 0.6 is 0 Å². The molecule has 0 saturated heterocycles. The van der Waals surface area contributed by atoms with Crippen molar-refractivity contribution in [2.24, 2.45) is 0 Å². The second-order valence-electron chi connectivity index (χ2n) is 5.15. The van der Waals surface area contributed by atoms with Crippen LogP contribution in [0.1, 0.15) is 58.3 Å². The maximum atomic E-state index is 10.1. The van der Waals surface area contributed by atoms with E-state index in [1.165, 1.54) is 32.1 Å². The molecule has 0 aromatic heterocycles. The maximum Gasteiger partial charge on any atom is 0.0646 e. The monoisotopic (exact) mass is 197 g/mol. The summed E-state index contributed by atoms with van der Waals surface area (Å²) in [6, 6.07) is 1.49. The van der Waals surface area contributed by atoms with Crippen LogP contribution in [0.3, 0.4) is 0 Å². The van der Waals surface area contributed by atoms with Crippen LogP contribution in [0.5, 0.6) is 0 Å². The van der Waals surface area contributed by atoms with E-state index in [0.717, 1.165) is 25.3 Å². The first kappa shape index (κ1) is 10.4. The van der Waals surface area contributed by atoms with E-state index in [0.29, 0.717) is 6.04 Å². The molecular weight excluding hydrogens is 174 g/mol. The summed E-state index contributed by atoms with van der Waals surface area (Å²) in [4.78, 5) is 0. The molecule has 0 aromatic carbocycles. The van der Waals surface area contributed by atoms with Gasteiger partial charge in [0.2, 0.25) is 0 Å².